The summed E-state index contributed by atoms with van der Waals surface area (Å²) in [5.74, 6) is 0.453. The molecule has 5 rings (SSSR count). The smallest absolute Gasteiger partial charge is 0.285 e. The largest absolute Gasteiger partial charge is 0.340 e. The number of nitrogens with one attached hydrogen (secondary N) is 2. The second-order valence-corrected chi connectivity index (χ2v) is 7.41. The number of aromatic amines is 2. The van der Waals surface area contributed by atoms with E-state index in [-0.39, 0.29) is 23.1 Å². The normalized spacial score (nSPS) is 17.1. The number of aromatic nitrogens is 5. The van der Waals surface area contributed by atoms with E-state index in [0.717, 1.165) is 41.0 Å². The van der Waals surface area contributed by atoms with Crippen molar-refractivity contribution in [2.45, 2.75) is 32.7 Å². The van der Waals surface area contributed by atoms with E-state index in [0.29, 0.717) is 12.2 Å². The van der Waals surface area contributed by atoms with E-state index in [1.807, 2.05) is 32.0 Å². The van der Waals surface area contributed by atoms with Crippen LogP contribution < -0.4 is 5.56 Å². The summed E-state index contributed by atoms with van der Waals surface area (Å²) < 4.78 is 1.32. The van der Waals surface area contributed by atoms with Gasteiger partial charge in [-0.2, -0.15) is 0 Å². The fraction of sp³-hybridized carbons (Fsp3) is 0.300. The molecule has 4 heterocycles. The van der Waals surface area contributed by atoms with Crippen molar-refractivity contribution in [1.82, 2.24) is 29.5 Å². The molecular weight excluding hydrogens is 356 g/mol. The van der Waals surface area contributed by atoms with Crippen LogP contribution in [0.2, 0.25) is 0 Å². The molecule has 142 valence electrons. The third kappa shape index (κ3) is 2.52. The predicted octanol–water partition coefficient (Wildman–Crippen LogP) is 2.49. The summed E-state index contributed by atoms with van der Waals surface area (Å²) in [5, 5.41) is 2.93. The van der Waals surface area contributed by atoms with Crippen LogP contribution >= 0.6 is 0 Å². The molecular formula is C20H20N6O2. The highest BCUT2D eigenvalue weighted by molar-refractivity contribution is 5.94. The Morgan fingerprint density at radius 2 is 2.11 bits per heavy atom. The summed E-state index contributed by atoms with van der Waals surface area (Å²) in [6, 6.07) is 7.63. The molecule has 1 aliphatic rings. The summed E-state index contributed by atoms with van der Waals surface area (Å²) in [6.45, 7) is 4.46. The van der Waals surface area contributed by atoms with Crippen LogP contribution in [-0.4, -0.2) is 41.9 Å². The second kappa shape index (κ2) is 6.05. The molecule has 8 nitrogen and oxygen atoms in total. The second-order valence-electron chi connectivity index (χ2n) is 7.41. The van der Waals surface area contributed by atoms with E-state index < -0.39 is 0 Å². The van der Waals surface area contributed by atoms with Gasteiger partial charge in [0.1, 0.15) is 11.4 Å². The third-order valence-electron chi connectivity index (χ3n) is 5.34. The Labute approximate surface area is 160 Å². The fourth-order valence-electron chi connectivity index (χ4n) is 3.98. The van der Waals surface area contributed by atoms with Crippen molar-refractivity contribution in [3.8, 4) is 0 Å². The molecule has 1 atom stereocenters. The van der Waals surface area contributed by atoms with Gasteiger partial charge in [0, 0.05) is 24.5 Å². The van der Waals surface area contributed by atoms with Crippen LogP contribution in [-0.2, 0) is 0 Å². The van der Waals surface area contributed by atoms with Crippen molar-refractivity contribution < 1.29 is 4.79 Å². The zero-order valence-electron chi connectivity index (χ0n) is 15.7. The maximum atomic E-state index is 13.2. The summed E-state index contributed by atoms with van der Waals surface area (Å²) in [6.07, 6.45) is 3.05. The van der Waals surface area contributed by atoms with Crippen molar-refractivity contribution >= 4 is 22.6 Å². The molecule has 28 heavy (non-hydrogen) atoms. The quantitative estimate of drug-likeness (QED) is 0.561. The topological polar surface area (TPSA) is 99.2 Å². The van der Waals surface area contributed by atoms with Gasteiger partial charge in [0.25, 0.3) is 11.5 Å². The van der Waals surface area contributed by atoms with Crippen LogP contribution in [0.1, 0.15) is 46.3 Å². The van der Waals surface area contributed by atoms with Gasteiger partial charge >= 0.3 is 0 Å². The fourth-order valence-corrected chi connectivity index (χ4v) is 3.98. The summed E-state index contributed by atoms with van der Waals surface area (Å²) in [4.78, 5) is 40.0. The average molecular weight is 376 g/mol. The zero-order chi connectivity index (χ0) is 19.4. The standard InChI is InChI=1S/C20H20N6O2/c1-11-5-6-14-15(8-11)23-18(22-14)16-4-3-7-25(16)19(27)13-10-21-17-9-12(2)24-26(17)20(13)28/h5-6,8-10,16,24H,3-4,7H2,1-2H3,(H,22,23). The van der Waals surface area contributed by atoms with Gasteiger partial charge in [-0.15, -0.1) is 0 Å². The van der Waals surface area contributed by atoms with E-state index >= 15 is 0 Å². The van der Waals surface area contributed by atoms with Crippen molar-refractivity contribution in [3.05, 3.63) is 63.5 Å². The number of carbonyl (C=O) groups is 1. The van der Waals surface area contributed by atoms with Crippen LogP contribution in [0, 0.1) is 13.8 Å². The van der Waals surface area contributed by atoms with Crippen LogP contribution in [0.5, 0.6) is 0 Å². The van der Waals surface area contributed by atoms with Gasteiger partial charge in [-0.25, -0.2) is 14.5 Å². The molecule has 1 saturated heterocycles. The van der Waals surface area contributed by atoms with Crippen molar-refractivity contribution in [2.75, 3.05) is 6.54 Å². The molecule has 2 N–H and O–H groups in total. The number of hydrogen-bond donors (Lipinski definition) is 2. The molecule has 0 aliphatic carbocycles. The van der Waals surface area contributed by atoms with E-state index in [9.17, 15) is 9.59 Å². The van der Waals surface area contributed by atoms with E-state index in [2.05, 4.69) is 20.1 Å². The number of benzene rings is 1. The van der Waals surface area contributed by atoms with Crippen LogP contribution in [0.3, 0.4) is 0 Å². The average Bonchev–Trinajstić information content (AvgIpc) is 3.37. The van der Waals surface area contributed by atoms with E-state index in [1.54, 1.807) is 11.0 Å². The molecule has 1 amide bonds. The number of imidazole rings is 1. The van der Waals surface area contributed by atoms with Crippen LogP contribution in [0.4, 0.5) is 0 Å². The zero-order valence-corrected chi connectivity index (χ0v) is 15.7. The highest BCUT2D eigenvalue weighted by atomic mass is 16.2. The number of nitrogens with zero attached hydrogens (tertiary/aromatic N) is 4. The van der Waals surface area contributed by atoms with Crippen molar-refractivity contribution in [3.63, 3.8) is 0 Å². The molecule has 1 fully saturated rings. The van der Waals surface area contributed by atoms with Gasteiger partial charge in [0.15, 0.2) is 5.65 Å². The monoisotopic (exact) mass is 376 g/mol. The minimum atomic E-state index is -0.381. The Morgan fingerprint density at radius 3 is 2.96 bits per heavy atom. The molecule has 1 aliphatic heterocycles. The highest BCUT2D eigenvalue weighted by Gasteiger charge is 2.34. The molecule has 1 aromatic carbocycles. The SMILES string of the molecule is Cc1ccc2nc(C3CCCN3C(=O)c3cnc4cc(C)[nH]n4c3=O)[nH]c2c1. The Morgan fingerprint density at radius 1 is 1.25 bits per heavy atom. The lowest BCUT2D eigenvalue weighted by atomic mass is 10.2. The van der Waals surface area contributed by atoms with E-state index in [4.69, 9.17) is 0 Å². The molecule has 4 aromatic rings. The molecule has 0 bridgehead atoms. The van der Waals surface area contributed by atoms with Gasteiger partial charge in [-0.05, 0) is 44.4 Å². The van der Waals surface area contributed by atoms with Crippen LogP contribution in [0.25, 0.3) is 16.7 Å². The van der Waals surface area contributed by atoms with Gasteiger partial charge < -0.3 is 9.88 Å². The molecule has 8 heteroatoms. The molecule has 0 saturated carbocycles. The van der Waals surface area contributed by atoms with E-state index in [1.165, 1.54) is 10.7 Å². The molecule has 3 aromatic heterocycles. The first-order valence-electron chi connectivity index (χ1n) is 9.36. The first-order chi connectivity index (χ1) is 13.5. The van der Waals surface area contributed by atoms with Gasteiger partial charge in [0.2, 0.25) is 0 Å². The number of H-pyrrole nitrogens is 2. The summed E-state index contributed by atoms with van der Waals surface area (Å²) in [7, 11) is 0. The number of aryl methyl sites for hydroxylation is 2. The van der Waals surface area contributed by atoms with Gasteiger partial charge in [0.05, 0.1) is 17.1 Å². The summed E-state index contributed by atoms with van der Waals surface area (Å²) in [5.41, 5.74) is 3.99. The van der Waals surface area contributed by atoms with Crippen molar-refractivity contribution in [2.24, 2.45) is 0 Å². The third-order valence-corrected chi connectivity index (χ3v) is 5.34. The number of likely N-dealkylation sites (tertiary alicyclic amines) is 1. The Balaban J connectivity index is 1.53. The minimum Gasteiger partial charge on any atom is -0.340 e. The molecule has 0 spiro atoms. The maximum Gasteiger partial charge on any atom is 0.285 e. The lowest BCUT2D eigenvalue weighted by Gasteiger charge is -2.22. The number of carbonyl (C=O) groups excluding carboxylic acids is 1. The van der Waals surface area contributed by atoms with Gasteiger partial charge in [-0.3, -0.25) is 14.7 Å². The first-order valence-corrected chi connectivity index (χ1v) is 9.36. The Hall–Kier alpha value is -3.42. The summed E-state index contributed by atoms with van der Waals surface area (Å²) >= 11 is 0. The highest BCUT2D eigenvalue weighted by Crippen LogP contribution is 2.32. The number of rotatable bonds is 2. The molecule has 1 unspecified atom stereocenters. The maximum absolute atomic E-state index is 13.2. The number of hydrogen-bond acceptors (Lipinski definition) is 4. The number of amides is 1. The lowest BCUT2D eigenvalue weighted by Crippen LogP contribution is -2.36. The molecule has 0 radical (unpaired) electrons. The minimum absolute atomic E-state index is 0.0678. The van der Waals surface area contributed by atoms with Gasteiger partial charge in [-0.1, -0.05) is 6.07 Å². The lowest BCUT2D eigenvalue weighted by molar-refractivity contribution is 0.0728. The van der Waals surface area contributed by atoms with Crippen LogP contribution in [0.15, 0.2) is 35.3 Å². The van der Waals surface area contributed by atoms with Crippen molar-refractivity contribution in [1.29, 1.82) is 0 Å². The number of fused-ring (bicyclic) bond motifs is 2. The Kier molecular flexibility index (Phi) is 3.61. The Bertz CT molecular complexity index is 1280. The first kappa shape index (κ1) is 16.7. The predicted molar refractivity (Wildman–Crippen MR) is 104 cm³/mol.